The van der Waals surface area contributed by atoms with Gasteiger partial charge in [0.05, 0.1) is 11.3 Å². The van der Waals surface area contributed by atoms with Gasteiger partial charge in [0, 0.05) is 89.4 Å². The minimum Gasteiger partial charge on any atom is -0.311 e. The molecule has 0 N–H and O–H groups in total. The van der Waals surface area contributed by atoms with Crippen molar-refractivity contribution in [1.29, 1.82) is 0 Å². The highest BCUT2D eigenvalue weighted by atomic mass is 32.2. The third kappa shape index (κ3) is 9.59. The van der Waals surface area contributed by atoms with Crippen molar-refractivity contribution in [3.05, 3.63) is 345 Å². The molecule has 96 heavy (non-hydrogen) atoms. The number of hydrogen-bond donors (Lipinski definition) is 0. The van der Waals surface area contributed by atoms with Gasteiger partial charge in [0.2, 0.25) is 6.71 Å². The van der Waals surface area contributed by atoms with Crippen molar-refractivity contribution in [1.82, 2.24) is 0 Å². The summed E-state index contributed by atoms with van der Waals surface area (Å²) in [5, 5.41) is 0. The van der Waals surface area contributed by atoms with Crippen LogP contribution in [-0.2, 0) is 6.18 Å². The Morgan fingerprint density at radius 2 is 0.625 bits per heavy atom. The van der Waals surface area contributed by atoms with E-state index in [-0.39, 0.29) is 13.4 Å². The van der Waals surface area contributed by atoms with Gasteiger partial charge in [-0.2, -0.15) is 13.2 Å². The zero-order valence-corrected chi connectivity index (χ0v) is 52.6. The fourth-order valence-electron chi connectivity index (χ4n) is 15.1. The predicted octanol–water partition coefficient (Wildman–Crippen LogP) is 19.8. The second-order valence-electron chi connectivity index (χ2n) is 24.7. The molecule has 0 unspecified atom stereocenters. The Balaban J connectivity index is 0.907. The van der Waals surface area contributed by atoms with Gasteiger partial charge in [-0.3, -0.25) is 0 Å². The van der Waals surface area contributed by atoms with Crippen molar-refractivity contribution in [2.75, 3.05) is 24.5 Å². The SMILES string of the molecule is FC(F)(F)c1ccc(N2c3cc4c(cc3B3c5ccccc5N(c5ccccc5)c5cc(N(c6ccc(-c7ccccc7)cc6)c6ccc(-c7ccccc7)cc6)cc2c53)B2c3ccccc3N(c3ccccc3)c3cc(N(c5ccccc5)c5ccccc5)cc(c32)S4)cc1. The molecule has 0 fully saturated rings. The van der Waals surface area contributed by atoms with Crippen LogP contribution in [0.15, 0.2) is 350 Å². The van der Waals surface area contributed by atoms with E-state index < -0.39 is 11.7 Å². The first-order valence-electron chi connectivity index (χ1n) is 32.4. The van der Waals surface area contributed by atoms with Crippen molar-refractivity contribution in [3.63, 3.8) is 0 Å². The number of para-hydroxylation sites is 6. The van der Waals surface area contributed by atoms with Crippen LogP contribution in [0.5, 0.6) is 0 Å². The molecule has 0 atom stereocenters. The largest absolute Gasteiger partial charge is 0.416 e. The quantitative estimate of drug-likeness (QED) is 0.119. The summed E-state index contributed by atoms with van der Waals surface area (Å²) in [6.07, 6.45) is -4.56. The highest BCUT2D eigenvalue weighted by molar-refractivity contribution is 8.00. The third-order valence-corrected chi connectivity index (χ3v) is 20.4. The summed E-state index contributed by atoms with van der Waals surface area (Å²) in [6, 6.07) is 118. The van der Waals surface area contributed by atoms with E-state index in [1.807, 2.05) is 18.2 Å². The average molecular weight is 1260 g/mol. The number of alkyl halides is 3. The molecule has 11 heteroatoms. The van der Waals surface area contributed by atoms with Crippen LogP contribution < -0.4 is 57.3 Å². The number of benzene rings is 14. The van der Waals surface area contributed by atoms with Crippen LogP contribution in [0.4, 0.5) is 98.5 Å². The zero-order chi connectivity index (χ0) is 64.0. The molecule has 0 saturated heterocycles. The molecule has 14 aromatic rings. The van der Waals surface area contributed by atoms with E-state index in [9.17, 15) is 13.2 Å². The number of anilines is 15. The van der Waals surface area contributed by atoms with Crippen LogP contribution in [0.25, 0.3) is 22.3 Å². The number of hydrogen-bond acceptors (Lipinski definition) is 6. The van der Waals surface area contributed by atoms with Gasteiger partial charge in [-0.1, -0.05) is 217 Å². The standard InChI is InChI=1S/C85H56B2F3N5S/c88-85(89,90)61-43-49-68(50-44-61)95-77-56-81-74(87-72-36-20-22-38-76(72)94(65-33-17-6-18-34-65)80-53-70(54-82(96-81)84(80)87)91(62-27-11-3-12-28-62)63-29-13-4-14-30-63)55-73(77)86-71-35-19-21-37-75(71)93(64-31-15-5-16-32-64)78-51-69(52-79(95)83(78)86)92(66-45-39-59(40-46-66)57-23-7-1-8-24-57)67-47-41-60(42-48-67)58-25-9-2-10-26-58/h1-56H. The lowest BCUT2D eigenvalue weighted by Gasteiger charge is -2.46. The fraction of sp³-hybridized carbons (Fsp3) is 0.0118. The lowest BCUT2D eigenvalue weighted by Crippen LogP contribution is -2.64. The third-order valence-electron chi connectivity index (χ3n) is 19.2. The smallest absolute Gasteiger partial charge is 0.311 e. The molecule has 0 aromatic heterocycles. The second kappa shape index (κ2) is 23.1. The van der Waals surface area contributed by atoms with Gasteiger partial charge in [0.15, 0.2) is 0 Å². The van der Waals surface area contributed by atoms with Gasteiger partial charge in [-0.25, -0.2) is 0 Å². The van der Waals surface area contributed by atoms with Crippen molar-refractivity contribution >= 4 is 143 Å². The molecule has 0 amide bonds. The molecule has 4 heterocycles. The van der Waals surface area contributed by atoms with Gasteiger partial charge >= 0.3 is 6.18 Å². The zero-order valence-electron chi connectivity index (χ0n) is 51.8. The minimum absolute atomic E-state index is 0.207. The Labute approximate surface area is 561 Å². The molecule has 18 rings (SSSR count). The monoisotopic (exact) mass is 1260 g/mol. The molecule has 0 radical (unpaired) electrons. The van der Waals surface area contributed by atoms with Gasteiger partial charge in [0.25, 0.3) is 6.71 Å². The van der Waals surface area contributed by atoms with E-state index in [1.165, 1.54) is 28.5 Å². The lowest BCUT2D eigenvalue weighted by atomic mass is 9.31. The highest BCUT2D eigenvalue weighted by Gasteiger charge is 2.48. The van der Waals surface area contributed by atoms with Crippen LogP contribution in [0.2, 0.25) is 0 Å². The summed E-state index contributed by atoms with van der Waals surface area (Å²) in [5.74, 6) is 0. The van der Waals surface area contributed by atoms with Crippen LogP contribution in [0.1, 0.15) is 5.56 Å². The maximum atomic E-state index is 14.9. The Hall–Kier alpha value is -11.7. The van der Waals surface area contributed by atoms with E-state index >= 15 is 0 Å². The van der Waals surface area contributed by atoms with Crippen LogP contribution >= 0.6 is 11.8 Å². The van der Waals surface area contributed by atoms with Crippen molar-refractivity contribution in [2.24, 2.45) is 0 Å². The Morgan fingerprint density at radius 3 is 1.09 bits per heavy atom. The number of nitrogens with zero attached hydrogens (tertiary/aromatic N) is 5. The normalized spacial score (nSPS) is 13.0. The molecule has 0 bridgehead atoms. The molecule has 5 nitrogen and oxygen atoms in total. The first-order valence-corrected chi connectivity index (χ1v) is 33.2. The highest BCUT2D eigenvalue weighted by Crippen LogP contribution is 2.52. The summed E-state index contributed by atoms with van der Waals surface area (Å²) in [5.41, 5.74) is 24.9. The average Bonchev–Trinajstić information content (AvgIpc) is 0.691. The van der Waals surface area contributed by atoms with E-state index in [1.54, 1.807) is 23.9 Å². The minimum atomic E-state index is -4.56. The summed E-state index contributed by atoms with van der Waals surface area (Å²) in [4.78, 5) is 13.9. The molecule has 4 aliphatic heterocycles. The molecule has 4 aliphatic rings. The summed E-state index contributed by atoms with van der Waals surface area (Å²) < 4.78 is 44.8. The Morgan fingerprint density at radius 1 is 0.260 bits per heavy atom. The molecular weight excluding hydrogens is 1200 g/mol. The molecule has 454 valence electrons. The molecule has 14 aromatic carbocycles. The molecule has 0 spiro atoms. The predicted molar refractivity (Wildman–Crippen MR) is 396 cm³/mol. The maximum absolute atomic E-state index is 14.9. The molecular formula is C85H56B2F3N5S. The van der Waals surface area contributed by atoms with Gasteiger partial charge in [0.1, 0.15) is 0 Å². The Bertz CT molecular complexity index is 5140. The van der Waals surface area contributed by atoms with Gasteiger partial charge in [-0.05, 0) is 189 Å². The van der Waals surface area contributed by atoms with E-state index in [0.29, 0.717) is 5.69 Å². The lowest BCUT2D eigenvalue weighted by molar-refractivity contribution is -0.137. The summed E-state index contributed by atoms with van der Waals surface area (Å²) in [6.45, 7) is -0.533. The van der Waals surface area contributed by atoms with Crippen LogP contribution in [0.3, 0.4) is 0 Å². The van der Waals surface area contributed by atoms with Crippen molar-refractivity contribution < 1.29 is 13.2 Å². The Kier molecular flexibility index (Phi) is 13.7. The van der Waals surface area contributed by atoms with Crippen molar-refractivity contribution in [2.45, 2.75) is 16.0 Å². The van der Waals surface area contributed by atoms with E-state index in [0.717, 1.165) is 128 Å². The van der Waals surface area contributed by atoms with Gasteiger partial charge in [-0.15, -0.1) is 0 Å². The second-order valence-corrected chi connectivity index (χ2v) is 25.8. The van der Waals surface area contributed by atoms with Gasteiger partial charge < -0.3 is 24.5 Å². The summed E-state index contributed by atoms with van der Waals surface area (Å²) >= 11 is 1.77. The number of fused-ring (bicyclic) bond motifs is 8. The molecule has 0 aliphatic carbocycles. The van der Waals surface area contributed by atoms with Crippen LogP contribution in [0, 0.1) is 0 Å². The van der Waals surface area contributed by atoms with E-state index in [2.05, 4.69) is 322 Å². The number of rotatable bonds is 11. The first kappa shape index (κ1) is 57.0. The topological polar surface area (TPSA) is 16.2 Å². The van der Waals surface area contributed by atoms with Crippen LogP contribution in [-0.4, -0.2) is 13.4 Å². The fourth-order valence-corrected chi connectivity index (χ4v) is 16.3. The van der Waals surface area contributed by atoms with Crippen molar-refractivity contribution in [3.8, 4) is 22.3 Å². The summed E-state index contributed by atoms with van der Waals surface area (Å²) in [7, 11) is 0. The first-order chi connectivity index (χ1) is 47.3. The van der Waals surface area contributed by atoms with E-state index in [4.69, 9.17) is 0 Å². The number of halogens is 3. The maximum Gasteiger partial charge on any atom is 0.416 e. The molecule has 0 saturated carbocycles.